The summed E-state index contributed by atoms with van der Waals surface area (Å²) in [5, 5.41) is 0. The zero-order valence-electron chi connectivity index (χ0n) is 18.7. The fourth-order valence-corrected chi connectivity index (χ4v) is 4.58. The number of aryl methyl sites for hydroxylation is 1. The molecule has 0 aromatic carbocycles. The van der Waals surface area contributed by atoms with Crippen molar-refractivity contribution in [2.45, 2.75) is 38.6 Å². The van der Waals surface area contributed by atoms with Gasteiger partial charge in [0.15, 0.2) is 5.65 Å². The van der Waals surface area contributed by atoms with Gasteiger partial charge in [-0.2, -0.15) is 0 Å². The highest BCUT2D eigenvalue weighted by Gasteiger charge is 2.27. The van der Waals surface area contributed by atoms with E-state index in [0.717, 1.165) is 42.5 Å². The maximum Gasteiger partial charge on any atom is 0.330 e. The number of ketones is 1. The van der Waals surface area contributed by atoms with Gasteiger partial charge in [-0.25, -0.2) is 9.78 Å². The van der Waals surface area contributed by atoms with Crippen molar-refractivity contribution in [3.05, 3.63) is 64.5 Å². The van der Waals surface area contributed by atoms with Crippen LogP contribution in [0.25, 0.3) is 17.2 Å². The summed E-state index contributed by atoms with van der Waals surface area (Å²) in [5.41, 5.74) is 3.34. The molecule has 1 aliphatic carbocycles. The van der Waals surface area contributed by atoms with E-state index in [1.54, 1.807) is 35.7 Å². The van der Waals surface area contributed by atoms with Crippen molar-refractivity contribution in [3.8, 4) is 0 Å². The van der Waals surface area contributed by atoms with Gasteiger partial charge < -0.3 is 4.74 Å². The summed E-state index contributed by atoms with van der Waals surface area (Å²) in [7, 11) is 3.44. The molecule has 3 aromatic heterocycles. The highest BCUT2D eigenvalue weighted by molar-refractivity contribution is 5.83. The molecule has 3 heterocycles. The Kier molecular flexibility index (Phi) is 6.95. The summed E-state index contributed by atoms with van der Waals surface area (Å²) in [6, 6.07) is 7.67. The van der Waals surface area contributed by atoms with Gasteiger partial charge in [-0.3, -0.25) is 18.9 Å². The minimum absolute atomic E-state index is 0.0404. The smallest absolute Gasteiger partial charge is 0.330 e. The molecule has 0 unspecified atom stereocenters. The highest BCUT2D eigenvalue weighted by Crippen LogP contribution is 2.31. The lowest BCUT2D eigenvalue weighted by Gasteiger charge is -2.27. The minimum Gasteiger partial charge on any atom is -0.381 e. The van der Waals surface area contributed by atoms with E-state index >= 15 is 0 Å². The van der Waals surface area contributed by atoms with E-state index in [2.05, 4.69) is 4.98 Å². The number of nitrogens with zero attached hydrogens (tertiary/aromatic N) is 4. The largest absolute Gasteiger partial charge is 0.381 e. The summed E-state index contributed by atoms with van der Waals surface area (Å²) < 4.78 is 8.52. The van der Waals surface area contributed by atoms with Gasteiger partial charge in [0.05, 0.1) is 17.8 Å². The molecule has 0 radical (unpaired) electrons. The first kappa shape index (κ1) is 22.1. The van der Waals surface area contributed by atoms with E-state index in [-0.39, 0.29) is 11.6 Å². The van der Waals surface area contributed by atoms with Crippen molar-refractivity contribution in [1.29, 1.82) is 0 Å². The number of imidazole rings is 1. The van der Waals surface area contributed by atoms with Crippen LogP contribution >= 0.6 is 0 Å². The van der Waals surface area contributed by atoms with Crippen LogP contribution < -0.4 is 5.69 Å². The third-order valence-electron chi connectivity index (χ3n) is 6.43. The lowest BCUT2D eigenvalue weighted by Crippen LogP contribution is -2.29. The Balaban J connectivity index is 1.43. The summed E-state index contributed by atoms with van der Waals surface area (Å²) in [4.78, 5) is 34.3. The van der Waals surface area contributed by atoms with Gasteiger partial charge >= 0.3 is 5.69 Å². The Labute approximate surface area is 187 Å². The molecule has 4 rings (SSSR count). The van der Waals surface area contributed by atoms with Crippen LogP contribution in [0.2, 0.25) is 0 Å². The van der Waals surface area contributed by atoms with Crippen LogP contribution in [0.15, 0.2) is 47.5 Å². The zero-order chi connectivity index (χ0) is 22.5. The van der Waals surface area contributed by atoms with Gasteiger partial charge in [-0.15, -0.1) is 0 Å². The summed E-state index contributed by atoms with van der Waals surface area (Å²) >= 11 is 0. The number of methoxy groups -OCH3 is 1. The zero-order valence-corrected chi connectivity index (χ0v) is 18.7. The number of rotatable bonds is 8. The van der Waals surface area contributed by atoms with Crippen LogP contribution in [0.3, 0.4) is 0 Å². The fourth-order valence-electron chi connectivity index (χ4n) is 4.58. The van der Waals surface area contributed by atoms with E-state index < -0.39 is 0 Å². The van der Waals surface area contributed by atoms with Gasteiger partial charge in [0, 0.05) is 45.4 Å². The summed E-state index contributed by atoms with van der Waals surface area (Å²) in [5.74, 6) is 0.795. The Morgan fingerprint density at radius 2 is 1.91 bits per heavy atom. The normalized spacial score (nSPS) is 19.1. The first-order chi connectivity index (χ1) is 15.6. The Bertz CT molecular complexity index is 1160. The molecule has 1 saturated carbocycles. The van der Waals surface area contributed by atoms with E-state index in [4.69, 9.17) is 9.72 Å². The second-order valence-corrected chi connectivity index (χ2v) is 8.60. The molecule has 0 aliphatic heterocycles. The van der Waals surface area contributed by atoms with E-state index in [9.17, 15) is 9.59 Å². The predicted molar refractivity (Wildman–Crippen MR) is 124 cm³/mol. The summed E-state index contributed by atoms with van der Waals surface area (Å²) in [6.07, 6.45) is 11.4. The lowest BCUT2D eigenvalue weighted by molar-refractivity contribution is -0.123. The fraction of sp³-hybridized carbons (Fsp3) is 0.440. The van der Waals surface area contributed by atoms with E-state index in [0.29, 0.717) is 36.9 Å². The Morgan fingerprint density at radius 1 is 1.16 bits per heavy atom. The molecule has 0 bridgehead atoms. The molecule has 0 amide bonds. The van der Waals surface area contributed by atoms with Crippen molar-refractivity contribution in [2.75, 3.05) is 13.7 Å². The number of aromatic nitrogens is 4. The molecule has 32 heavy (non-hydrogen) atoms. The Hall–Kier alpha value is -3.06. The quantitative estimate of drug-likeness (QED) is 0.543. The van der Waals surface area contributed by atoms with Crippen molar-refractivity contribution in [2.24, 2.45) is 18.9 Å². The number of carbonyl (C=O) groups is 1. The first-order valence-electron chi connectivity index (χ1n) is 11.2. The van der Waals surface area contributed by atoms with Crippen molar-refractivity contribution in [1.82, 2.24) is 19.1 Å². The first-order valence-corrected chi connectivity index (χ1v) is 11.2. The molecule has 3 aromatic rings. The molecule has 0 saturated heterocycles. The highest BCUT2D eigenvalue weighted by atomic mass is 16.5. The lowest BCUT2D eigenvalue weighted by atomic mass is 9.79. The average molecular weight is 435 g/mol. The SMILES string of the molecule is COC/C=C/c1ccc2c(n1)n(CC1CCC(C(=O)Cc3ccncc3)CC1)c(=O)n2C. The molecule has 7 nitrogen and oxygen atoms in total. The van der Waals surface area contributed by atoms with E-state index in [1.165, 1.54) is 0 Å². The van der Waals surface area contributed by atoms with Gasteiger partial charge in [-0.05, 0) is 67.5 Å². The second kappa shape index (κ2) is 10.0. The van der Waals surface area contributed by atoms with Gasteiger partial charge in [-0.1, -0.05) is 6.08 Å². The number of hydrogen-bond acceptors (Lipinski definition) is 5. The molecule has 1 fully saturated rings. The van der Waals surface area contributed by atoms with Crippen LogP contribution in [0.5, 0.6) is 0 Å². The number of pyridine rings is 2. The monoisotopic (exact) mass is 434 g/mol. The number of fused-ring (bicyclic) bond motifs is 1. The number of Topliss-reactive ketones (excluding diaryl/α,β-unsaturated/α-hetero) is 1. The topological polar surface area (TPSA) is 79.0 Å². The molecular formula is C25H30N4O3. The standard InChI is InChI=1S/C25H30N4O3/c1-28-22-10-9-21(4-3-15-32-2)27-24(22)29(25(28)31)17-19-5-7-20(8-6-19)23(30)16-18-11-13-26-14-12-18/h3-4,9-14,19-20H,5-8,15-17H2,1-2H3/b4-3+. The van der Waals surface area contributed by atoms with Crippen LogP contribution in [0.1, 0.15) is 36.9 Å². The predicted octanol–water partition coefficient (Wildman–Crippen LogP) is 3.41. The van der Waals surface area contributed by atoms with Crippen LogP contribution in [-0.4, -0.2) is 38.6 Å². The van der Waals surface area contributed by atoms with Crippen molar-refractivity contribution in [3.63, 3.8) is 0 Å². The molecular weight excluding hydrogens is 404 g/mol. The van der Waals surface area contributed by atoms with Gasteiger partial charge in [0.1, 0.15) is 5.78 Å². The molecule has 7 heteroatoms. The second-order valence-electron chi connectivity index (χ2n) is 8.60. The minimum atomic E-state index is -0.0404. The van der Waals surface area contributed by atoms with Gasteiger partial charge in [0.2, 0.25) is 0 Å². The van der Waals surface area contributed by atoms with Crippen molar-refractivity contribution < 1.29 is 9.53 Å². The summed E-state index contributed by atoms with van der Waals surface area (Å²) in [6.45, 7) is 1.16. The number of carbonyl (C=O) groups excluding carboxylic acids is 1. The third kappa shape index (κ3) is 4.88. The third-order valence-corrected chi connectivity index (χ3v) is 6.43. The van der Waals surface area contributed by atoms with Crippen LogP contribution in [0, 0.1) is 11.8 Å². The van der Waals surface area contributed by atoms with Crippen LogP contribution in [0.4, 0.5) is 0 Å². The maximum absolute atomic E-state index is 12.9. The molecule has 0 atom stereocenters. The van der Waals surface area contributed by atoms with Crippen molar-refractivity contribution >= 4 is 23.0 Å². The Morgan fingerprint density at radius 3 is 2.62 bits per heavy atom. The van der Waals surface area contributed by atoms with E-state index in [1.807, 2.05) is 36.4 Å². The average Bonchev–Trinajstić information content (AvgIpc) is 3.05. The molecule has 0 spiro atoms. The molecule has 168 valence electrons. The van der Waals surface area contributed by atoms with Gasteiger partial charge in [0.25, 0.3) is 0 Å². The molecule has 0 N–H and O–H groups in total. The number of ether oxygens (including phenoxy) is 1. The van der Waals surface area contributed by atoms with Crippen LogP contribution in [-0.2, 0) is 29.5 Å². The molecule has 1 aliphatic rings. The maximum atomic E-state index is 12.9. The number of hydrogen-bond donors (Lipinski definition) is 0.